The first-order valence-electron chi connectivity index (χ1n) is 11.1. The molecule has 7 nitrogen and oxygen atoms in total. The van der Waals surface area contributed by atoms with Crippen molar-refractivity contribution < 1.29 is 19.0 Å². The summed E-state index contributed by atoms with van der Waals surface area (Å²) >= 11 is 1.61. The molecule has 3 saturated heterocycles. The van der Waals surface area contributed by atoms with Crippen molar-refractivity contribution in [3.63, 3.8) is 0 Å². The van der Waals surface area contributed by atoms with Gasteiger partial charge < -0.3 is 19.1 Å². The number of rotatable bonds is 5. The summed E-state index contributed by atoms with van der Waals surface area (Å²) in [6.45, 7) is 7.17. The van der Waals surface area contributed by atoms with E-state index in [4.69, 9.17) is 19.2 Å². The second-order valence-corrected chi connectivity index (χ2v) is 9.26. The number of carbonyl (C=O) groups is 1. The van der Waals surface area contributed by atoms with Gasteiger partial charge in [0, 0.05) is 56.5 Å². The molecule has 31 heavy (non-hydrogen) atoms. The van der Waals surface area contributed by atoms with Crippen molar-refractivity contribution in [2.24, 2.45) is 0 Å². The molecule has 0 aliphatic carbocycles. The highest BCUT2D eigenvalue weighted by molar-refractivity contribution is 7.13. The number of benzene rings is 1. The lowest BCUT2D eigenvalue weighted by Crippen LogP contribution is -2.47. The van der Waals surface area contributed by atoms with Crippen LogP contribution in [0.5, 0.6) is 0 Å². The zero-order valence-electron chi connectivity index (χ0n) is 17.8. The maximum Gasteiger partial charge on any atom is 0.228 e. The minimum Gasteiger partial charge on any atom is -0.379 e. The summed E-state index contributed by atoms with van der Waals surface area (Å²) in [7, 11) is 0. The molecule has 2 aromatic rings. The van der Waals surface area contributed by atoms with Gasteiger partial charge in [0.15, 0.2) is 5.79 Å². The zero-order valence-corrected chi connectivity index (χ0v) is 18.6. The van der Waals surface area contributed by atoms with Gasteiger partial charge in [-0.2, -0.15) is 0 Å². The van der Waals surface area contributed by atoms with E-state index in [0.29, 0.717) is 32.7 Å². The highest BCUT2D eigenvalue weighted by Gasteiger charge is 2.40. The van der Waals surface area contributed by atoms with E-state index in [9.17, 15) is 4.79 Å². The number of carbonyl (C=O) groups excluding carboxylic acids is 1. The van der Waals surface area contributed by atoms with Gasteiger partial charge in [0.1, 0.15) is 5.01 Å². The molecule has 8 heteroatoms. The van der Waals surface area contributed by atoms with Crippen LogP contribution in [0.1, 0.15) is 24.1 Å². The molecule has 1 spiro atoms. The molecule has 1 aromatic heterocycles. The van der Waals surface area contributed by atoms with Crippen molar-refractivity contribution >= 4 is 17.2 Å². The first-order chi connectivity index (χ1) is 15.2. The SMILES string of the molecule is O=C(Cc1csc(-c2cccc(CN3CCOCC3)c2)n1)N1CCC2(CC1)OCCO2. The number of thiazole rings is 1. The Kier molecular flexibility index (Phi) is 6.34. The van der Waals surface area contributed by atoms with Crippen LogP contribution in [-0.4, -0.2) is 79.1 Å². The van der Waals surface area contributed by atoms with Crippen LogP contribution in [0.15, 0.2) is 29.6 Å². The molecular weight excluding hydrogens is 414 g/mol. The van der Waals surface area contributed by atoms with Gasteiger partial charge >= 0.3 is 0 Å². The lowest BCUT2D eigenvalue weighted by atomic mass is 10.0. The third kappa shape index (κ3) is 4.99. The summed E-state index contributed by atoms with van der Waals surface area (Å²) in [5.41, 5.74) is 3.24. The predicted molar refractivity (Wildman–Crippen MR) is 118 cm³/mol. The monoisotopic (exact) mass is 443 g/mol. The predicted octanol–water partition coefficient (Wildman–Crippen LogP) is 2.55. The molecule has 0 unspecified atom stereocenters. The quantitative estimate of drug-likeness (QED) is 0.708. The van der Waals surface area contributed by atoms with Crippen molar-refractivity contribution in [2.75, 3.05) is 52.6 Å². The molecule has 3 fully saturated rings. The second-order valence-electron chi connectivity index (χ2n) is 8.40. The van der Waals surface area contributed by atoms with E-state index in [1.807, 2.05) is 10.3 Å². The van der Waals surface area contributed by atoms with Crippen LogP contribution in [0.25, 0.3) is 10.6 Å². The normalized spacial score (nSPS) is 21.6. The van der Waals surface area contributed by atoms with Crippen molar-refractivity contribution in [3.8, 4) is 10.6 Å². The number of likely N-dealkylation sites (tertiary alicyclic amines) is 1. The molecule has 0 saturated carbocycles. The van der Waals surface area contributed by atoms with Gasteiger partial charge in [0.05, 0.1) is 38.5 Å². The van der Waals surface area contributed by atoms with Gasteiger partial charge in [-0.05, 0) is 11.6 Å². The summed E-state index contributed by atoms with van der Waals surface area (Å²) in [5, 5.41) is 2.98. The van der Waals surface area contributed by atoms with Crippen LogP contribution in [0.2, 0.25) is 0 Å². The topological polar surface area (TPSA) is 64.1 Å². The van der Waals surface area contributed by atoms with Gasteiger partial charge in [-0.1, -0.05) is 18.2 Å². The Balaban J connectivity index is 1.18. The summed E-state index contributed by atoms with van der Waals surface area (Å²) in [5.74, 6) is -0.317. The summed E-state index contributed by atoms with van der Waals surface area (Å²) in [6, 6.07) is 8.57. The Morgan fingerprint density at radius 1 is 1.06 bits per heavy atom. The van der Waals surface area contributed by atoms with E-state index in [2.05, 4.69) is 29.2 Å². The molecular formula is C23H29N3O4S. The van der Waals surface area contributed by atoms with Crippen molar-refractivity contribution in [2.45, 2.75) is 31.6 Å². The van der Waals surface area contributed by atoms with Crippen molar-refractivity contribution in [1.82, 2.24) is 14.8 Å². The van der Waals surface area contributed by atoms with Crippen LogP contribution in [0.4, 0.5) is 0 Å². The fraction of sp³-hybridized carbons (Fsp3) is 0.565. The van der Waals surface area contributed by atoms with Crippen LogP contribution in [-0.2, 0) is 32.0 Å². The van der Waals surface area contributed by atoms with Crippen molar-refractivity contribution in [3.05, 3.63) is 40.9 Å². The number of hydrogen-bond acceptors (Lipinski definition) is 7. The van der Waals surface area contributed by atoms with E-state index >= 15 is 0 Å². The molecule has 0 N–H and O–H groups in total. The molecule has 0 atom stereocenters. The molecule has 0 radical (unpaired) electrons. The molecule has 3 aliphatic heterocycles. The molecule has 1 aromatic carbocycles. The molecule has 4 heterocycles. The Morgan fingerprint density at radius 3 is 2.61 bits per heavy atom. The largest absolute Gasteiger partial charge is 0.379 e. The number of piperidine rings is 1. The average molecular weight is 444 g/mol. The van der Waals surface area contributed by atoms with E-state index in [1.165, 1.54) is 5.56 Å². The lowest BCUT2D eigenvalue weighted by molar-refractivity contribution is -0.187. The maximum atomic E-state index is 12.8. The van der Waals surface area contributed by atoms with E-state index in [-0.39, 0.29) is 5.91 Å². The number of amides is 1. The first-order valence-corrected chi connectivity index (χ1v) is 12.0. The van der Waals surface area contributed by atoms with E-state index < -0.39 is 5.79 Å². The minimum absolute atomic E-state index is 0.130. The molecule has 5 rings (SSSR count). The highest BCUT2D eigenvalue weighted by atomic mass is 32.1. The third-order valence-electron chi connectivity index (χ3n) is 6.26. The number of hydrogen-bond donors (Lipinski definition) is 0. The van der Waals surface area contributed by atoms with Crippen molar-refractivity contribution in [1.29, 1.82) is 0 Å². The molecule has 3 aliphatic rings. The van der Waals surface area contributed by atoms with Crippen LogP contribution < -0.4 is 0 Å². The van der Waals surface area contributed by atoms with Crippen LogP contribution in [0.3, 0.4) is 0 Å². The van der Waals surface area contributed by atoms with Gasteiger partial charge in [0.25, 0.3) is 0 Å². The number of ether oxygens (including phenoxy) is 3. The van der Waals surface area contributed by atoms with Gasteiger partial charge in [0.2, 0.25) is 5.91 Å². The lowest BCUT2D eigenvalue weighted by Gasteiger charge is -2.37. The summed E-state index contributed by atoms with van der Waals surface area (Å²) in [6.07, 6.45) is 1.84. The fourth-order valence-corrected chi connectivity index (χ4v) is 5.31. The van der Waals surface area contributed by atoms with Gasteiger partial charge in [-0.25, -0.2) is 4.98 Å². The standard InChI is InChI=1S/C23H29N3O4S/c27-21(26-6-4-23(5-7-26)29-12-13-30-23)15-20-17-31-22(24-20)19-3-1-2-18(14-19)16-25-8-10-28-11-9-25/h1-3,14,17H,4-13,15-16H2. The van der Waals surface area contributed by atoms with E-state index in [0.717, 1.165) is 62.0 Å². The fourth-order valence-electron chi connectivity index (χ4n) is 4.49. The Bertz CT molecular complexity index is 896. The zero-order chi connectivity index (χ0) is 21.1. The number of morpholine rings is 1. The number of nitrogens with zero attached hydrogens (tertiary/aromatic N) is 3. The highest BCUT2D eigenvalue weighted by Crippen LogP contribution is 2.31. The van der Waals surface area contributed by atoms with Gasteiger partial charge in [-0.15, -0.1) is 11.3 Å². The number of aromatic nitrogens is 1. The average Bonchev–Trinajstić information content (AvgIpc) is 3.45. The molecule has 166 valence electrons. The summed E-state index contributed by atoms with van der Waals surface area (Å²) in [4.78, 5) is 21.9. The minimum atomic E-state index is -0.448. The molecule has 0 bridgehead atoms. The second kappa shape index (κ2) is 9.34. The summed E-state index contributed by atoms with van der Waals surface area (Å²) < 4.78 is 17.0. The first kappa shape index (κ1) is 21.0. The Morgan fingerprint density at radius 2 is 1.84 bits per heavy atom. The van der Waals surface area contributed by atoms with E-state index in [1.54, 1.807) is 11.3 Å². The third-order valence-corrected chi connectivity index (χ3v) is 7.20. The molecule has 1 amide bonds. The van der Waals surface area contributed by atoms with Crippen LogP contribution in [0, 0.1) is 0 Å². The smallest absolute Gasteiger partial charge is 0.228 e. The Labute approximate surface area is 186 Å². The van der Waals surface area contributed by atoms with Gasteiger partial charge in [-0.3, -0.25) is 9.69 Å². The van der Waals surface area contributed by atoms with Crippen LogP contribution >= 0.6 is 11.3 Å². The Hall–Kier alpha value is -1.84. The maximum absolute atomic E-state index is 12.8.